The molecule has 3 nitrogen and oxygen atoms in total. The smallest absolute Gasteiger partial charge is 0.125 e. The summed E-state index contributed by atoms with van der Waals surface area (Å²) in [6.45, 7) is 5.11. The van der Waals surface area contributed by atoms with Gasteiger partial charge in [0.25, 0.3) is 0 Å². The summed E-state index contributed by atoms with van der Waals surface area (Å²) < 4.78 is 10.6. The number of methoxy groups -OCH3 is 2. The average molecular weight is 237 g/mol. The molecular formula is C14H23NO2. The van der Waals surface area contributed by atoms with Crippen molar-refractivity contribution >= 4 is 0 Å². The molecule has 1 rings (SSSR count). The molecule has 2 N–H and O–H groups in total. The summed E-state index contributed by atoms with van der Waals surface area (Å²) in [5.41, 5.74) is 7.00. The number of nitrogens with two attached hydrogens (primary N) is 1. The van der Waals surface area contributed by atoms with Crippen molar-refractivity contribution in [3.8, 4) is 11.5 Å². The zero-order valence-corrected chi connectivity index (χ0v) is 11.2. The highest BCUT2D eigenvalue weighted by molar-refractivity contribution is 5.41. The molecule has 1 atom stereocenters. The van der Waals surface area contributed by atoms with Gasteiger partial charge in [0, 0.05) is 6.07 Å². The van der Waals surface area contributed by atoms with Gasteiger partial charge in [-0.1, -0.05) is 19.9 Å². The van der Waals surface area contributed by atoms with Gasteiger partial charge < -0.3 is 15.2 Å². The molecule has 3 heteroatoms. The first kappa shape index (κ1) is 13.8. The Hall–Kier alpha value is -1.22. The van der Waals surface area contributed by atoms with Crippen molar-refractivity contribution in [2.45, 2.75) is 20.3 Å². The van der Waals surface area contributed by atoms with Gasteiger partial charge in [0.2, 0.25) is 0 Å². The van der Waals surface area contributed by atoms with Crippen LogP contribution in [0.3, 0.4) is 0 Å². The lowest BCUT2D eigenvalue weighted by Crippen LogP contribution is -2.22. The average Bonchev–Trinajstić information content (AvgIpc) is 2.35. The van der Waals surface area contributed by atoms with E-state index in [1.165, 1.54) is 5.56 Å². The van der Waals surface area contributed by atoms with Crippen LogP contribution < -0.4 is 15.2 Å². The zero-order valence-electron chi connectivity index (χ0n) is 11.2. The molecule has 0 aliphatic carbocycles. The third-order valence-corrected chi connectivity index (χ3v) is 3.22. The summed E-state index contributed by atoms with van der Waals surface area (Å²) in [5, 5.41) is 0. The minimum atomic E-state index is 0.484. The maximum absolute atomic E-state index is 5.80. The van der Waals surface area contributed by atoms with Crippen LogP contribution in [0.2, 0.25) is 0 Å². The molecule has 1 unspecified atom stereocenters. The Morgan fingerprint density at radius 3 is 2.35 bits per heavy atom. The molecule has 0 saturated heterocycles. The normalized spacial score (nSPS) is 12.6. The van der Waals surface area contributed by atoms with Gasteiger partial charge in [0.05, 0.1) is 14.2 Å². The van der Waals surface area contributed by atoms with Crippen LogP contribution in [0.25, 0.3) is 0 Å². The van der Waals surface area contributed by atoms with E-state index in [-0.39, 0.29) is 0 Å². The molecule has 0 aromatic heterocycles. The molecule has 1 aromatic carbocycles. The first-order chi connectivity index (χ1) is 8.12. The van der Waals surface area contributed by atoms with Crippen LogP contribution in [-0.4, -0.2) is 20.8 Å². The monoisotopic (exact) mass is 237 g/mol. The molecule has 0 aliphatic rings. The minimum Gasteiger partial charge on any atom is -0.497 e. The number of rotatable bonds is 6. The Labute approximate surface area is 104 Å². The van der Waals surface area contributed by atoms with Crippen molar-refractivity contribution in [2.75, 3.05) is 20.8 Å². The van der Waals surface area contributed by atoms with Gasteiger partial charge in [-0.2, -0.15) is 0 Å². The van der Waals surface area contributed by atoms with Gasteiger partial charge in [-0.25, -0.2) is 0 Å². The highest BCUT2D eigenvalue weighted by atomic mass is 16.5. The van der Waals surface area contributed by atoms with Crippen LogP contribution >= 0.6 is 0 Å². The molecule has 0 saturated carbocycles. The molecule has 1 aromatic rings. The van der Waals surface area contributed by atoms with Gasteiger partial charge in [-0.3, -0.25) is 0 Å². The fourth-order valence-corrected chi connectivity index (χ4v) is 1.89. The van der Waals surface area contributed by atoms with E-state index in [4.69, 9.17) is 15.2 Å². The Morgan fingerprint density at radius 2 is 1.88 bits per heavy atom. The van der Waals surface area contributed by atoms with Crippen LogP contribution in [0.1, 0.15) is 19.4 Å². The Balaban J connectivity index is 2.89. The van der Waals surface area contributed by atoms with Gasteiger partial charge in [-0.05, 0) is 36.4 Å². The summed E-state index contributed by atoms with van der Waals surface area (Å²) in [4.78, 5) is 0. The fraction of sp³-hybridized carbons (Fsp3) is 0.571. The van der Waals surface area contributed by atoms with E-state index in [1.807, 2.05) is 12.1 Å². The molecule has 0 radical (unpaired) electrons. The maximum Gasteiger partial charge on any atom is 0.125 e. The second kappa shape index (κ2) is 6.50. The van der Waals surface area contributed by atoms with Crippen LogP contribution in [-0.2, 0) is 6.42 Å². The molecule has 0 fully saturated rings. The number of benzene rings is 1. The van der Waals surface area contributed by atoms with Crippen molar-refractivity contribution in [2.24, 2.45) is 17.6 Å². The van der Waals surface area contributed by atoms with Crippen LogP contribution in [0.5, 0.6) is 11.5 Å². The van der Waals surface area contributed by atoms with Crippen molar-refractivity contribution < 1.29 is 9.47 Å². The zero-order chi connectivity index (χ0) is 12.8. The highest BCUT2D eigenvalue weighted by Crippen LogP contribution is 2.28. The molecule has 0 heterocycles. The summed E-state index contributed by atoms with van der Waals surface area (Å²) in [6, 6.07) is 5.94. The van der Waals surface area contributed by atoms with E-state index in [1.54, 1.807) is 14.2 Å². The second-order valence-electron chi connectivity index (χ2n) is 4.62. The number of hydrogen-bond acceptors (Lipinski definition) is 3. The Kier molecular flexibility index (Phi) is 5.29. The van der Waals surface area contributed by atoms with Crippen LogP contribution in [0.15, 0.2) is 18.2 Å². The molecule has 0 spiro atoms. The summed E-state index contributed by atoms with van der Waals surface area (Å²) in [7, 11) is 3.34. The van der Waals surface area contributed by atoms with E-state index in [2.05, 4.69) is 19.9 Å². The van der Waals surface area contributed by atoms with E-state index in [0.29, 0.717) is 18.4 Å². The lowest BCUT2D eigenvalue weighted by molar-refractivity contribution is 0.368. The van der Waals surface area contributed by atoms with Gasteiger partial charge >= 0.3 is 0 Å². The fourth-order valence-electron chi connectivity index (χ4n) is 1.89. The van der Waals surface area contributed by atoms with Crippen LogP contribution in [0, 0.1) is 11.8 Å². The molecule has 96 valence electrons. The summed E-state index contributed by atoms with van der Waals surface area (Å²) in [5.74, 6) is 2.76. The maximum atomic E-state index is 5.80. The first-order valence-electron chi connectivity index (χ1n) is 6.03. The summed E-state index contributed by atoms with van der Waals surface area (Å²) >= 11 is 0. The largest absolute Gasteiger partial charge is 0.497 e. The second-order valence-corrected chi connectivity index (χ2v) is 4.62. The van der Waals surface area contributed by atoms with Crippen molar-refractivity contribution in [1.29, 1.82) is 0 Å². The SMILES string of the molecule is COc1ccc(CC(CN)C(C)C)c(OC)c1. The third kappa shape index (κ3) is 3.63. The topological polar surface area (TPSA) is 44.5 Å². The van der Waals surface area contributed by atoms with Gasteiger partial charge in [0.15, 0.2) is 0 Å². The van der Waals surface area contributed by atoms with Gasteiger partial charge in [0.1, 0.15) is 11.5 Å². The highest BCUT2D eigenvalue weighted by Gasteiger charge is 2.15. The van der Waals surface area contributed by atoms with E-state index < -0.39 is 0 Å². The van der Waals surface area contributed by atoms with Gasteiger partial charge in [-0.15, -0.1) is 0 Å². The van der Waals surface area contributed by atoms with E-state index in [9.17, 15) is 0 Å². The Bertz CT molecular complexity index is 350. The van der Waals surface area contributed by atoms with E-state index in [0.717, 1.165) is 17.9 Å². The lowest BCUT2D eigenvalue weighted by Gasteiger charge is -2.20. The minimum absolute atomic E-state index is 0.484. The first-order valence-corrected chi connectivity index (χ1v) is 6.03. The van der Waals surface area contributed by atoms with E-state index >= 15 is 0 Å². The van der Waals surface area contributed by atoms with Crippen molar-refractivity contribution in [1.82, 2.24) is 0 Å². The number of ether oxygens (including phenoxy) is 2. The molecule has 17 heavy (non-hydrogen) atoms. The van der Waals surface area contributed by atoms with Crippen molar-refractivity contribution in [3.63, 3.8) is 0 Å². The third-order valence-electron chi connectivity index (χ3n) is 3.22. The molecular weight excluding hydrogens is 214 g/mol. The quantitative estimate of drug-likeness (QED) is 0.826. The molecule has 0 aliphatic heterocycles. The number of hydrogen-bond donors (Lipinski definition) is 1. The Morgan fingerprint density at radius 1 is 1.18 bits per heavy atom. The lowest BCUT2D eigenvalue weighted by atomic mass is 9.89. The standard InChI is InChI=1S/C14H23NO2/c1-10(2)12(9-15)7-11-5-6-13(16-3)8-14(11)17-4/h5-6,8,10,12H,7,9,15H2,1-4H3. The van der Waals surface area contributed by atoms with Crippen molar-refractivity contribution in [3.05, 3.63) is 23.8 Å². The molecule has 0 amide bonds. The summed E-state index contributed by atoms with van der Waals surface area (Å²) in [6.07, 6.45) is 0.946. The predicted octanol–water partition coefficient (Wildman–Crippen LogP) is 2.48. The molecule has 0 bridgehead atoms. The van der Waals surface area contributed by atoms with Crippen LogP contribution in [0.4, 0.5) is 0 Å². The predicted molar refractivity (Wildman–Crippen MR) is 70.6 cm³/mol.